The number of benzene rings is 2. The molecule has 0 spiro atoms. The molecular formula is C27H21ClN2O6. The van der Waals surface area contributed by atoms with Gasteiger partial charge in [0.2, 0.25) is 5.78 Å². The lowest BCUT2D eigenvalue weighted by Crippen LogP contribution is -2.31. The van der Waals surface area contributed by atoms with E-state index < -0.39 is 23.5 Å². The van der Waals surface area contributed by atoms with E-state index in [2.05, 4.69) is 4.98 Å². The minimum Gasteiger partial charge on any atom is -0.503 e. The molecular weight excluding hydrogens is 484 g/mol. The third-order valence-electron chi connectivity index (χ3n) is 6.02. The molecule has 1 amide bonds. The van der Waals surface area contributed by atoms with Crippen LogP contribution in [0.2, 0.25) is 5.02 Å². The Balaban J connectivity index is 1.57. The highest BCUT2D eigenvalue weighted by molar-refractivity contribution is 6.31. The van der Waals surface area contributed by atoms with Crippen LogP contribution in [0.25, 0.3) is 11.0 Å². The van der Waals surface area contributed by atoms with Crippen molar-refractivity contribution in [3.63, 3.8) is 0 Å². The smallest absolute Gasteiger partial charge is 0.290 e. The summed E-state index contributed by atoms with van der Waals surface area (Å²) in [6, 6.07) is 16.2. The monoisotopic (exact) mass is 504 g/mol. The van der Waals surface area contributed by atoms with E-state index in [0.29, 0.717) is 33.2 Å². The van der Waals surface area contributed by atoms with E-state index in [1.807, 2.05) is 12.1 Å². The second-order valence-electron chi connectivity index (χ2n) is 8.17. The minimum absolute atomic E-state index is 0.0628. The van der Waals surface area contributed by atoms with Crippen LogP contribution >= 0.6 is 11.6 Å². The summed E-state index contributed by atoms with van der Waals surface area (Å²) in [5.41, 5.74) is 1.44. The lowest BCUT2D eigenvalue weighted by molar-refractivity contribution is -0.130. The molecule has 0 saturated carbocycles. The number of carbonyl (C=O) groups is 2. The van der Waals surface area contributed by atoms with Crippen LogP contribution in [0.3, 0.4) is 0 Å². The number of hydrogen-bond acceptors (Lipinski definition) is 7. The predicted octanol–water partition coefficient (Wildman–Crippen LogP) is 5.28. The van der Waals surface area contributed by atoms with Crippen LogP contribution in [0.5, 0.6) is 11.5 Å². The van der Waals surface area contributed by atoms with E-state index in [1.54, 1.807) is 55.8 Å². The maximum Gasteiger partial charge on any atom is 0.290 e. The molecule has 1 atom stereocenters. The van der Waals surface area contributed by atoms with Crippen molar-refractivity contribution < 1.29 is 28.6 Å². The molecule has 0 fully saturated rings. The van der Waals surface area contributed by atoms with Crippen molar-refractivity contribution in [1.29, 1.82) is 0 Å². The van der Waals surface area contributed by atoms with Crippen molar-refractivity contribution in [2.75, 3.05) is 14.2 Å². The van der Waals surface area contributed by atoms with Crippen molar-refractivity contribution in [3.8, 4) is 11.5 Å². The lowest BCUT2D eigenvalue weighted by atomic mass is 9.98. The Morgan fingerprint density at radius 1 is 1.11 bits per heavy atom. The van der Waals surface area contributed by atoms with Crippen molar-refractivity contribution >= 4 is 34.3 Å². The molecule has 1 aliphatic heterocycles. The summed E-state index contributed by atoms with van der Waals surface area (Å²) in [4.78, 5) is 32.7. The zero-order chi connectivity index (χ0) is 25.4. The largest absolute Gasteiger partial charge is 0.503 e. The van der Waals surface area contributed by atoms with Gasteiger partial charge in [0.25, 0.3) is 5.91 Å². The van der Waals surface area contributed by atoms with E-state index in [4.69, 9.17) is 25.5 Å². The van der Waals surface area contributed by atoms with Gasteiger partial charge in [-0.05, 0) is 42.0 Å². The maximum atomic E-state index is 13.7. The third-order valence-corrected chi connectivity index (χ3v) is 6.24. The van der Waals surface area contributed by atoms with Crippen LogP contribution in [0.4, 0.5) is 0 Å². The fourth-order valence-electron chi connectivity index (χ4n) is 4.30. The SMILES string of the molecule is COc1ccc(CN2C(=O)C(O)=C(C(=O)c3cc4cc(Cl)cc(OC)c4o3)C2c2ccccn2)cc1. The van der Waals surface area contributed by atoms with E-state index in [9.17, 15) is 14.7 Å². The highest BCUT2D eigenvalue weighted by atomic mass is 35.5. The molecule has 9 heteroatoms. The number of methoxy groups -OCH3 is 2. The lowest BCUT2D eigenvalue weighted by Gasteiger charge is -2.26. The van der Waals surface area contributed by atoms with Crippen LogP contribution in [-0.2, 0) is 11.3 Å². The number of halogens is 1. The van der Waals surface area contributed by atoms with Crippen LogP contribution in [0.1, 0.15) is 27.9 Å². The summed E-state index contributed by atoms with van der Waals surface area (Å²) < 4.78 is 16.3. The first kappa shape index (κ1) is 23.4. The van der Waals surface area contributed by atoms with Crippen LogP contribution < -0.4 is 9.47 Å². The Hall–Kier alpha value is -4.30. The number of nitrogens with zero attached hydrogens (tertiary/aromatic N) is 2. The predicted molar refractivity (Wildman–Crippen MR) is 132 cm³/mol. The number of fused-ring (bicyclic) bond motifs is 1. The molecule has 3 heterocycles. The summed E-state index contributed by atoms with van der Waals surface area (Å²) >= 11 is 6.16. The maximum absolute atomic E-state index is 13.7. The van der Waals surface area contributed by atoms with Crippen LogP contribution in [-0.4, -0.2) is 40.9 Å². The van der Waals surface area contributed by atoms with Gasteiger partial charge in [-0.3, -0.25) is 14.6 Å². The Morgan fingerprint density at radius 2 is 1.89 bits per heavy atom. The van der Waals surface area contributed by atoms with E-state index in [1.165, 1.54) is 18.1 Å². The third kappa shape index (κ3) is 4.05. The zero-order valence-corrected chi connectivity index (χ0v) is 20.2. The average Bonchev–Trinajstić information content (AvgIpc) is 3.43. The summed E-state index contributed by atoms with van der Waals surface area (Å²) in [7, 11) is 3.03. The summed E-state index contributed by atoms with van der Waals surface area (Å²) in [6.07, 6.45) is 1.57. The van der Waals surface area contributed by atoms with Gasteiger partial charge in [-0.1, -0.05) is 29.8 Å². The van der Waals surface area contributed by atoms with Gasteiger partial charge in [-0.2, -0.15) is 0 Å². The van der Waals surface area contributed by atoms with Gasteiger partial charge < -0.3 is 23.9 Å². The number of ketones is 1. The van der Waals surface area contributed by atoms with Gasteiger partial charge in [0, 0.05) is 29.2 Å². The van der Waals surface area contributed by atoms with Gasteiger partial charge in [0.05, 0.1) is 25.5 Å². The Bertz CT molecular complexity index is 1490. The van der Waals surface area contributed by atoms with E-state index in [0.717, 1.165) is 5.56 Å². The number of rotatable bonds is 7. The number of aromatic nitrogens is 1. The van der Waals surface area contributed by atoms with Crippen molar-refractivity contribution in [2.45, 2.75) is 12.6 Å². The average molecular weight is 505 g/mol. The fourth-order valence-corrected chi connectivity index (χ4v) is 4.52. The number of hydrogen-bond donors (Lipinski definition) is 1. The number of aliphatic hydroxyl groups excluding tert-OH is 1. The van der Waals surface area contributed by atoms with Crippen molar-refractivity contribution in [3.05, 3.63) is 100 Å². The second kappa shape index (κ2) is 9.39. The molecule has 8 nitrogen and oxygen atoms in total. The molecule has 0 bridgehead atoms. The standard InChI is InChI=1S/C27H21ClN2O6/c1-34-18-8-6-15(7-9-18)14-30-23(19-5-3-4-10-29-19)22(25(32)27(30)33)24(31)20-12-16-11-17(28)13-21(35-2)26(16)36-20/h3-13,23,32H,14H2,1-2H3. The molecule has 2 aromatic heterocycles. The van der Waals surface area contributed by atoms with Crippen molar-refractivity contribution in [1.82, 2.24) is 9.88 Å². The van der Waals surface area contributed by atoms with Gasteiger partial charge >= 0.3 is 0 Å². The normalized spacial score (nSPS) is 15.6. The van der Waals surface area contributed by atoms with E-state index >= 15 is 0 Å². The minimum atomic E-state index is -0.924. The summed E-state index contributed by atoms with van der Waals surface area (Å²) in [6.45, 7) is 0.133. The fraction of sp³-hybridized carbons (Fsp3) is 0.148. The molecule has 0 aliphatic carbocycles. The van der Waals surface area contributed by atoms with E-state index in [-0.39, 0.29) is 17.9 Å². The first-order chi connectivity index (χ1) is 17.4. The number of furan rings is 1. The number of Topliss-reactive ketones (excluding diaryl/α,β-unsaturated/α-hetero) is 1. The van der Waals surface area contributed by atoms with Crippen LogP contribution in [0.15, 0.2) is 82.6 Å². The quantitative estimate of drug-likeness (QED) is 0.342. The molecule has 1 aliphatic rings. The molecule has 5 rings (SSSR count). The number of ether oxygens (including phenoxy) is 2. The molecule has 4 aromatic rings. The topological polar surface area (TPSA) is 102 Å². The zero-order valence-electron chi connectivity index (χ0n) is 19.4. The molecule has 36 heavy (non-hydrogen) atoms. The van der Waals surface area contributed by atoms with Crippen LogP contribution in [0, 0.1) is 0 Å². The van der Waals surface area contributed by atoms with Crippen molar-refractivity contribution in [2.24, 2.45) is 0 Å². The van der Waals surface area contributed by atoms with Gasteiger partial charge in [-0.15, -0.1) is 0 Å². The second-order valence-corrected chi connectivity index (χ2v) is 8.60. The molecule has 2 aromatic carbocycles. The Kier molecular flexibility index (Phi) is 6.12. The molecule has 1 N–H and O–H groups in total. The number of aliphatic hydroxyl groups is 1. The highest BCUT2D eigenvalue weighted by Crippen LogP contribution is 2.41. The molecule has 1 unspecified atom stereocenters. The number of carbonyl (C=O) groups excluding carboxylic acids is 2. The Labute approximate surface area is 211 Å². The Morgan fingerprint density at radius 3 is 2.56 bits per heavy atom. The number of amides is 1. The first-order valence-corrected chi connectivity index (χ1v) is 11.4. The van der Waals surface area contributed by atoms with Gasteiger partial charge in [-0.25, -0.2) is 0 Å². The molecule has 0 saturated heterocycles. The first-order valence-electron chi connectivity index (χ1n) is 11.0. The molecule has 182 valence electrons. The van der Waals surface area contributed by atoms with Gasteiger partial charge in [0.1, 0.15) is 11.8 Å². The summed E-state index contributed by atoms with van der Waals surface area (Å²) in [5.74, 6) is -0.990. The molecule has 0 radical (unpaired) electrons. The number of pyridine rings is 1. The summed E-state index contributed by atoms with van der Waals surface area (Å²) in [5, 5.41) is 11.9. The van der Waals surface area contributed by atoms with Gasteiger partial charge in [0.15, 0.2) is 22.9 Å². The highest BCUT2D eigenvalue weighted by Gasteiger charge is 2.45.